The highest BCUT2D eigenvalue weighted by atomic mass is 32.2. The number of para-hydroxylation sites is 1. The van der Waals surface area contributed by atoms with Crippen molar-refractivity contribution < 1.29 is 13.5 Å². The van der Waals surface area contributed by atoms with Gasteiger partial charge in [0.15, 0.2) is 5.84 Å². The molecule has 2 N–H and O–H groups in total. The van der Waals surface area contributed by atoms with Crippen LogP contribution in [0.1, 0.15) is 11.1 Å². The van der Waals surface area contributed by atoms with Crippen LogP contribution >= 0.6 is 0 Å². The summed E-state index contributed by atoms with van der Waals surface area (Å²) in [7, 11) is -3.63. The van der Waals surface area contributed by atoms with Crippen LogP contribution in [-0.4, -0.2) is 19.4 Å². The molecular weight excluding hydrogens is 276 g/mol. The van der Waals surface area contributed by atoms with Crippen LogP contribution in [0.15, 0.2) is 57.8 Å². The fourth-order valence-electron chi connectivity index (χ4n) is 2.10. The quantitative estimate of drug-likeness (QED) is 0.882. The summed E-state index contributed by atoms with van der Waals surface area (Å²) in [5.41, 5.74) is 1.86. The smallest absolute Gasteiger partial charge is 0.285 e. The molecule has 0 amide bonds. The zero-order chi connectivity index (χ0) is 14.2. The van der Waals surface area contributed by atoms with Gasteiger partial charge in [-0.05, 0) is 18.2 Å². The molecule has 1 aliphatic rings. The third-order valence-electron chi connectivity index (χ3n) is 3.07. The van der Waals surface area contributed by atoms with Crippen LogP contribution in [-0.2, 0) is 16.6 Å². The van der Waals surface area contributed by atoms with Gasteiger partial charge in [-0.15, -0.1) is 4.40 Å². The first-order chi connectivity index (χ1) is 9.62. The van der Waals surface area contributed by atoms with Gasteiger partial charge in [0.2, 0.25) is 0 Å². The normalized spacial score (nSPS) is 15.6. The number of rotatable bonds is 2. The highest BCUT2D eigenvalue weighted by Gasteiger charge is 2.28. The highest BCUT2D eigenvalue weighted by Crippen LogP contribution is 2.27. The molecule has 0 saturated carbocycles. The molecule has 0 fully saturated rings. The zero-order valence-electron chi connectivity index (χ0n) is 10.4. The maximum Gasteiger partial charge on any atom is 0.285 e. The molecule has 2 aromatic carbocycles. The largest absolute Gasteiger partial charge is 0.392 e. The number of benzene rings is 2. The molecule has 0 unspecified atom stereocenters. The SMILES string of the molecule is O=S1(=O)N=C(Nc2ccccc2CO)c2ccccc21. The van der Waals surface area contributed by atoms with Gasteiger partial charge < -0.3 is 10.4 Å². The first-order valence-electron chi connectivity index (χ1n) is 6.02. The standard InChI is InChI=1S/C14H12N2O3S/c17-9-10-5-1-3-7-12(10)15-14-11-6-2-4-8-13(11)20(18,19)16-14/h1-8,17H,9H2,(H,15,16). The van der Waals surface area contributed by atoms with E-state index in [9.17, 15) is 13.5 Å². The molecular formula is C14H12N2O3S. The Balaban J connectivity index is 2.05. The molecule has 1 aliphatic heterocycles. The summed E-state index contributed by atoms with van der Waals surface area (Å²) in [6.45, 7) is -0.134. The molecule has 2 aromatic rings. The molecule has 5 nitrogen and oxygen atoms in total. The Morgan fingerprint density at radius 3 is 2.55 bits per heavy atom. The Bertz CT molecular complexity index is 798. The van der Waals surface area contributed by atoms with E-state index in [1.165, 1.54) is 6.07 Å². The minimum absolute atomic E-state index is 0.134. The van der Waals surface area contributed by atoms with E-state index >= 15 is 0 Å². The Kier molecular flexibility index (Phi) is 3.04. The van der Waals surface area contributed by atoms with Crippen molar-refractivity contribution in [2.24, 2.45) is 4.40 Å². The summed E-state index contributed by atoms with van der Waals surface area (Å²) in [6, 6.07) is 13.8. The van der Waals surface area contributed by atoms with Gasteiger partial charge in [0, 0.05) is 16.8 Å². The average Bonchev–Trinajstić information content (AvgIpc) is 2.71. The van der Waals surface area contributed by atoms with E-state index in [0.717, 1.165) is 0 Å². The lowest BCUT2D eigenvalue weighted by atomic mass is 10.1. The first-order valence-corrected chi connectivity index (χ1v) is 7.46. The zero-order valence-corrected chi connectivity index (χ0v) is 11.3. The molecule has 6 heteroatoms. The minimum atomic E-state index is -3.63. The molecule has 0 atom stereocenters. The first kappa shape index (κ1) is 12.8. The second kappa shape index (κ2) is 4.73. The third kappa shape index (κ3) is 2.09. The van der Waals surface area contributed by atoms with Gasteiger partial charge >= 0.3 is 0 Å². The topological polar surface area (TPSA) is 78.8 Å². The minimum Gasteiger partial charge on any atom is -0.392 e. The van der Waals surface area contributed by atoms with E-state index in [1.807, 2.05) is 0 Å². The number of amidine groups is 1. The molecule has 0 saturated heterocycles. The van der Waals surface area contributed by atoms with Gasteiger partial charge in [0.1, 0.15) is 4.90 Å². The van der Waals surface area contributed by atoms with E-state index in [2.05, 4.69) is 9.71 Å². The van der Waals surface area contributed by atoms with E-state index < -0.39 is 10.0 Å². The number of hydrogen-bond donors (Lipinski definition) is 2. The Labute approximate surface area is 116 Å². The molecule has 20 heavy (non-hydrogen) atoms. The second-order valence-corrected chi connectivity index (χ2v) is 5.92. The van der Waals surface area contributed by atoms with Crippen LogP contribution in [0.2, 0.25) is 0 Å². The number of sulfonamides is 1. The summed E-state index contributed by atoms with van der Waals surface area (Å²) < 4.78 is 27.6. The third-order valence-corrected chi connectivity index (χ3v) is 4.41. The van der Waals surface area contributed by atoms with Crippen LogP contribution in [0.3, 0.4) is 0 Å². The van der Waals surface area contributed by atoms with Crippen molar-refractivity contribution in [3.05, 3.63) is 59.7 Å². The van der Waals surface area contributed by atoms with Gasteiger partial charge in [-0.3, -0.25) is 0 Å². The molecule has 0 aliphatic carbocycles. The van der Waals surface area contributed by atoms with Crippen LogP contribution in [0.4, 0.5) is 5.69 Å². The summed E-state index contributed by atoms with van der Waals surface area (Å²) in [5.74, 6) is 0.279. The van der Waals surface area contributed by atoms with Gasteiger partial charge in [-0.1, -0.05) is 30.3 Å². The molecule has 0 spiro atoms. The van der Waals surface area contributed by atoms with Crippen molar-refractivity contribution in [3.8, 4) is 0 Å². The molecule has 0 aromatic heterocycles. The Morgan fingerprint density at radius 1 is 1.05 bits per heavy atom. The number of aliphatic hydroxyl groups is 1. The Hall–Kier alpha value is -2.18. The van der Waals surface area contributed by atoms with E-state index in [1.54, 1.807) is 42.5 Å². The fourth-order valence-corrected chi connectivity index (χ4v) is 3.28. The maximum absolute atomic E-state index is 11.9. The van der Waals surface area contributed by atoms with E-state index in [-0.39, 0.29) is 17.3 Å². The van der Waals surface area contributed by atoms with Gasteiger partial charge in [-0.25, -0.2) is 0 Å². The number of nitrogens with one attached hydrogen (secondary N) is 1. The van der Waals surface area contributed by atoms with Crippen LogP contribution in [0, 0.1) is 0 Å². The number of hydrogen-bond acceptors (Lipinski definition) is 4. The van der Waals surface area contributed by atoms with Gasteiger partial charge in [0.25, 0.3) is 10.0 Å². The van der Waals surface area contributed by atoms with Crippen molar-refractivity contribution >= 4 is 21.5 Å². The summed E-state index contributed by atoms with van der Waals surface area (Å²) in [5, 5.41) is 12.3. The van der Waals surface area contributed by atoms with Crippen molar-refractivity contribution in [2.75, 3.05) is 5.32 Å². The lowest BCUT2D eigenvalue weighted by Gasteiger charge is -2.10. The van der Waals surface area contributed by atoms with E-state index in [0.29, 0.717) is 16.8 Å². The highest BCUT2D eigenvalue weighted by molar-refractivity contribution is 7.90. The number of anilines is 1. The molecule has 3 rings (SSSR count). The summed E-state index contributed by atoms with van der Waals surface area (Å²) >= 11 is 0. The number of nitrogens with zero attached hydrogens (tertiary/aromatic N) is 1. The van der Waals surface area contributed by atoms with Crippen LogP contribution < -0.4 is 5.32 Å². The van der Waals surface area contributed by atoms with Gasteiger partial charge in [-0.2, -0.15) is 8.42 Å². The van der Waals surface area contributed by atoms with Crippen molar-refractivity contribution in [3.63, 3.8) is 0 Å². The lowest BCUT2D eigenvalue weighted by Crippen LogP contribution is -2.12. The van der Waals surface area contributed by atoms with E-state index in [4.69, 9.17) is 0 Å². The predicted octanol–water partition coefficient (Wildman–Crippen LogP) is 1.74. The number of aliphatic hydroxyl groups excluding tert-OH is 1. The summed E-state index contributed by atoms with van der Waals surface area (Å²) in [4.78, 5) is 0.198. The fraction of sp³-hybridized carbons (Fsp3) is 0.0714. The maximum atomic E-state index is 11.9. The van der Waals surface area contributed by atoms with Crippen LogP contribution in [0.5, 0.6) is 0 Å². The van der Waals surface area contributed by atoms with Crippen LogP contribution in [0.25, 0.3) is 0 Å². The average molecular weight is 288 g/mol. The lowest BCUT2D eigenvalue weighted by molar-refractivity contribution is 0.282. The van der Waals surface area contributed by atoms with Crippen molar-refractivity contribution in [1.29, 1.82) is 0 Å². The molecule has 1 heterocycles. The second-order valence-electron chi connectivity index (χ2n) is 4.35. The Morgan fingerprint density at radius 2 is 1.75 bits per heavy atom. The van der Waals surface area contributed by atoms with Crippen molar-refractivity contribution in [2.45, 2.75) is 11.5 Å². The number of fused-ring (bicyclic) bond motifs is 1. The monoisotopic (exact) mass is 288 g/mol. The predicted molar refractivity (Wildman–Crippen MR) is 76.2 cm³/mol. The molecule has 102 valence electrons. The van der Waals surface area contributed by atoms with Crippen molar-refractivity contribution in [1.82, 2.24) is 0 Å². The molecule has 0 bridgehead atoms. The van der Waals surface area contributed by atoms with Gasteiger partial charge in [0.05, 0.1) is 6.61 Å². The molecule has 0 radical (unpaired) electrons. The summed E-state index contributed by atoms with van der Waals surface area (Å²) in [6.07, 6.45) is 0.